The fourth-order valence-corrected chi connectivity index (χ4v) is 1.92. The van der Waals surface area contributed by atoms with Crippen LogP contribution in [-0.2, 0) is 4.84 Å². The van der Waals surface area contributed by atoms with E-state index in [1.807, 2.05) is 24.3 Å². The molecule has 3 heteroatoms. The van der Waals surface area contributed by atoms with E-state index in [0.717, 1.165) is 11.4 Å². The van der Waals surface area contributed by atoms with Crippen LogP contribution in [0.5, 0.6) is 5.75 Å². The predicted molar refractivity (Wildman–Crippen MR) is 60.0 cm³/mol. The third-order valence-electron chi connectivity index (χ3n) is 2.68. The minimum Gasteiger partial charge on any atom is -0.490 e. The zero-order chi connectivity index (χ0) is 10.5. The lowest BCUT2D eigenvalue weighted by Crippen LogP contribution is -2.10. The second kappa shape index (κ2) is 5.03. The van der Waals surface area contributed by atoms with E-state index < -0.39 is 0 Å². The second-order valence-electron chi connectivity index (χ2n) is 3.85. The summed E-state index contributed by atoms with van der Waals surface area (Å²) in [7, 11) is 1.60. The van der Waals surface area contributed by atoms with Crippen LogP contribution < -0.4 is 10.2 Å². The Kier molecular flexibility index (Phi) is 3.45. The van der Waals surface area contributed by atoms with Gasteiger partial charge in [0, 0.05) is 0 Å². The number of hydrogen-bond donors (Lipinski definition) is 1. The molecule has 0 atom stereocenters. The molecule has 0 heterocycles. The lowest BCUT2D eigenvalue weighted by Gasteiger charge is -2.13. The molecule has 1 aromatic carbocycles. The molecule has 1 aromatic rings. The Balaban J connectivity index is 1.91. The first-order valence-corrected chi connectivity index (χ1v) is 5.44. The largest absolute Gasteiger partial charge is 0.490 e. The number of ether oxygens (including phenoxy) is 1. The average molecular weight is 207 g/mol. The van der Waals surface area contributed by atoms with E-state index in [4.69, 9.17) is 9.57 Å². The highest BCUT2D eigenvalue weighted by atomic mass is 16.6. The molecule has 0 saturated heterocycles. The van der Waals surface area contributed by atoms with Crippen LogP contribution in [0, 0.1) is 0 Å². The van der Waals surface area contributed by atoms with Crippen LogP contribution in [0.2, 0.25) is 0 Å². The summed E-state index contributed by atoms with van der Waals surface area (Å²) in [5, 5.41) is 0. The quantitative estimate of drug-likeness (QED) is 0.770. The van der Waals surface area contributed by atoms with Crippen molar-refractivity contribution in [2.24, 2.45) is 0 Å². The van der Waals surface area contributed by atoms with Crippen molar-refractivity contribution in [1.29, 1.82) is 0 Å². The lowest BCUT2D eigenvalue weighted by atomic mass is 10.3. The van der Waals surface area contributed by atoms with Crippen molar-refractivity contribution >= 4 is 5.69 Å². The maximum Gasteiger partial charge on any atom is 0.119 e. The van der Waals surface area contributed by atoms with Crippen LogP contribution >= 0.6 is 0 Å². The van der Waals surface area contributed by atoms with Crippen molar-refractivity contribution in [3.63, 3.8) is 0 Å². The van der Waals surface area contributed by atoms with Gasteiger partial charge in [0.05, 0.1) is 18.9 Å². The molecule has 1 N–H and O–H groups in total. The van der Waals surface area contributed by atoms with E-state index in [9.17, 15) is 0 Å². The number of benzene rings is 1. The van der Waals surface area contributed by atoms with Crippen molar-refractivity contribution in [2.75, 3.05) is 12.6 Å². The number of anilines is 1. The summed E-state index contributed by atoms with van der Waals surface area (Å²) >= 11 is 0. The van der Waals surface area contributed by atoms with E-state index >= 15 is 0 Å². The van der Waals surface area contributed by atoms with Gasteiger partial charge in [0.2, 0.25) is 0 Å². The summed E-state index contributed by atoms with van der Waals surface area (Å²) in [4.78, 5) is 4.81. The molecule has 3 nitrogen and oxygen atoms in total. The van der Waals surface area contributed by atoms with E-state index in [1.165, 1.54) is 25.7 Å². The van der Waals surface area contributed by atoms with Crippen LogP contribution in [0.1, 0.15) is 25.7 Å². The summed E-state index contributed by atoms with van der Waals surface area (Å²) < 4.78 is 5.84. The van der Waals surface area contributed by atoms with E-state index in [0.29, 0.717) is 6.10 Å². The monoisotopic (exact) mass is 207 g/mol. The number of nitrogens with one attached hydrogen (secondary N) is 1. The third kappa shape index (κ3) is 2.86. The Labute approximate surface area is 90.3 Å². The molecule has 1 aliphatic rings. The van der Waals surface area contributed by atoms with Gasteiger partial charge in [-0.3, -0.25) is 10.3 Å². The fraction of sp³-hybridized carbons (Fsp3) is 0.500. The Bertz CT molecular complexity index is 291. The normalized spacial score (nSPS) is 16.6. The molecule has 2 rings (SSSR count). The predicted octanol–water partition coefficient (Wildman–Crippen LogP) is 2.98. The Morgan fingerprint density at radius 1 is 1.13 bits per heavy atom. The molecule has 0 aliphatic heterocycles. The number of rotatable bonds is 4. The van der Waals surface area contributed by atoms with Crippen molar-refractivity contribution in [1.82, 2.24) is 0 Å². The van der Waals surface area contributed by atoms with Crippen molar-refractivity contribution in [3.8, 4) is 5.75 Å². The van der Waals surface area contributed by atoms with Gasteiger partial charge in [-0.15, -0.1) is 0 Å². The molecule has 0 unspecified atom stereocenters. The first-order valence-electron chi connectivity index (χ1n) is 5.44. The molecule has 82 valence electrons. The van der Waals surface area contributed by atoms with Crippen LogP contribution in [0.15, 0.2) is 24.3 Å². The van der Waals surface area contributed by atoms with Gasteiger partial charge in [-0.05, 0) is 49.9 Å². The molecular weight excluding hydrogens is 190 g/mol. The second-order valence-corrected chi connectivity index (χ2v) is 3.85. The maximum atomic E-state index is 5.84. The van der Waals surface area contributed by atoms with Crippen LogP contribution in [0.4, 0.5) is 5.69 Å². The maximum absolute atomic E-state index is 5.84. The molecule has 0 bridgehead atoms. The molecule has 1 fully saturated rings. The van der Waals surface area contributed by atoms with Gasteiger partial charge >= 0.3 is 0 Å². The van der Waals surface area contributed by atoms with Crippen LogP contribution in [0.25, 0.3) is 0 Å². The van der Waals surface area contributed by atoms with Gasteiger partial charge in [0.15, 0.2) is 0 Å². The Hall–Kier alpha value is -1.22. The van der Waals surface area contributed by atoms with Gasteiger partial charge in [0.1, 0.15) is 5.75 Å². The highest BCUT2D eigenvalue weighted by molar-refractivity contribution is 5.44. The Morgan fingerprint density at radius 2 is 1.80 bits per heavy atom. The van der Waals surface area contributed by atoms with E-state index in [-0.39, 0.29) is 0 Å². The molecule has 0 radical (unpaired) electrons. The fourth-order valence-electron chi connectivity index (χ4n) is 1.92. The van der Waals surface area contributed by atoms with E-state index in [1.54, 1.807) is 7.11 Å². The molecule has 1 aliphatic carbocycles. The lowest BCUT2D eigenvalue weighted by molar-refractivity contribution is 0.210. The minimum atomic E-state index is 0.422. The molecule has 15 heavy (non-hydrogen) atoms. The summed E-state index contributed by atoms with van der Waals surface area (Å²) in [6.45, 7) is 0. The highest BCUT2D eigenvalue weighted by Crippen LogP contribution is 2.24. The van der Waals surface area contributed by atoms with Crippen LogP contribution in [0.3, 0.4) is 0 Å². The summed E-state index contributed by atoms with van der Waals surface area (Å²) in [5.41, 5.74) is 3.71. The first-order chi connectivity index (χ1) is 7.38. The standard InChI is InChI=1S/C12H17NO2/c1-14-13-10-6-8-12(9-7-10)15-11-4-2-3-5-11/h6-9,11,13H,2-5H2,1H3. The smallest absolute Gasteiger partial charge is 0.119 e. The topological polar surface area (TPSA) is 30.5 Å². The molecule has 0 spiro atoms. The molecule has 0 aromatic heterocycles. The SMILES string of the molecule is CONc1ccc(OC2CCCC2)cc1. The van der Waals surface area contributed by atoms with E-state index in [2.05, 4.69) is 5.48 Å². The van der Waals surface area contributed by atoms with Gasteiger partial charge in [-0.1, -0.05) is 0 Å². The molecule has 0 amide bonds. The molecular formula is C12H17NO2. The van der Waals surface area contributed by atoms with Gasteiger partial charge in [0.25, 0.3) is 0 Å². The Morgan fingerprint density at radius 3 is 2.40 bits per heavy atom. The van der Waals surface area contributed by atoms with Crippen molar-refractivity contribution in [2.45, 2.75) is 31.8 Å². The summed E-state index contributed by atoms with van der Waals surface area (Å²) in [6.07, 6.45) is 5.41. The average Bonchev–Trinajstić information content (AvgIpc) is 2.74. The van der Waals surface area contributed by atoms with Gasteiger partial charge in [-0.2, -0.15) is 0 Å². The zero-order valence-electron chi connectivity index (χ0n) is 9.03. The first kappa shape index (κ1) is 10.3. The minimum absolute atomic E-state index is 0.422. The summed E-state index contributed by atoms with van der Waals surface area (Å²) in [5.74, 6) is 0.948. The number of hydrogen-bond acceptors (Lipinski definition) is 3. The van der Waals surface area contributed by atoms with Crippen molar-refractivity contribution < 1.29 is 9.57 Å². The third-order valence-corrected chi connectivity index (χ3v) is 2.68. The van der Waals surface area contributed by atoms with Gasteiger partial charge in [-0.25, -0.2) is 0 Å². The van der Waals surface area contributed by atoms with Gasteiger partial charge < -0.3 is 4.74 Å². The highest BCUT2D eigenvalue weighted by Gasteiger charge is 2.16. The zero-order valence-corrected chi connectivity index (χ0v) is 9.03. The summed E-state index contributed by atoms with van der Waals surface area (Å²) in [6, 6.07) is 7.85. The molecule has 1 saturated carbocycles. The van der Waals surface area contributed by atoms with Crippen LogP contribution in [-0.4, -0.2) is 13.2 Å². The van der Waals surface area contributed by atoms with Crippen molar-refractivity contribution in [3.05, 3.63) is 24.3 Å².